The average molecular weight is 325 g/mol. The highest BCUT2D eigenvalue weighted by atomic mass is 79.9. The normalized spacial score (nSPS) is 24.4. The van der Waals surface area contributed by atoms with Crippen molar-refractivity contribution in [2.24, 2.45) is 11.8 Å². The molecule has 0 aromatic carbocycles. The third-order valence-electron chi connectivity index (χ3n) is 4.55. The third-order valence-corrected chi connectivity index (χ3v) is 4.87. The topological polar surface area (TPSA) is 17.1 Å². The molecule has 3 rings (SSSR count). The lowest BCUT2D eigenvalue weighted by Crippen LogP contribution is -2.37. The highest BCUT2D eigenvalue weighted by molar-refractivity contribution is 9.10. The molecule has 1 unspecified atom stereocenters. The molecule has 2 atom stereocenters. The van der Waals surface area contributed by atoms with Gasteiger partial charge in [0.25, 0.3) is 0 Å². The fraction of sp³-hybridized carbons (Fsp3) is 0.706. The maximum Gasteiger partial charge on any atom is 0.146 e. The molecule has 106 valence electrons. The van der Waals surface area contributed by atoms with Gasteiger partial charge in [0.1, 0.15) is 5.78 Å². The standard InChI is InChI=1S/C17H25BrO/c1-6-12-7-10(2)13-8-14(12)15(13)16(19)11(3)9-17(4,5)18/h11,15H,6-9H2,1-5H3/t11?,15-/m0/s1. The van der Waals surface area contributed by atoms with Gasteiger partial charge in [-0.05, 0) is 32.6 Å². The number of rotatable bonds is 5. The quantitative estimate of drug-likeness (QED) is 0.501. The molecule has 19 heavy (non-hydrogen) atoms. The molecule has 0 amide bonds. The molecule has 1 saturated carbocycles. The molecule has 0 N–H and O–H groups in total. The Labute approximate surface area is 125 Å². The first-order valence-corrected chi connectivity index (χ1v) is 8.15. The first kappa shape index (κ1) is 15.0. The second-order valence-electron chi connectivity index (χ2n) is 6.80. The van der Waals surface area contributed by atoms with Gasteiger partial charge in [0.05, 0.1) is 5.92 Å². The van der Waals surface area contributed by atoms with Crippen molar-refractivity contribution in [2.75, 3.05) is 0 Å². The summed E-state index contributed by atoms with van der Waals surface area (Å²) in [6, 6.07) is 0. The SMILES string of the molecule is CCC1=C2CC(=C(C)C1)[C@@H]2C(=O)C(C)CC(C)(C)Br. The summed E-state index contributed by atoms with van der Waals surface area (Å²) in [5.41, 5.74) is 5.86. The summed E-state index contributed by atoms with van der Waals surface area (Å²) in [6.45, 7) is 10.8. The van der Waals surface area contributed by atoms with Gasteiger partial charge in [-0.1, -0.05) is 65.9 Å². The van der Waals surface area contributed by atoms with E-state index in [0.29, 0.717) is 5.78 Å². The van der Waals surface area contributed by atoms with Crippen LogP contribution in [0.2, 0.25) is 0 Å². The minimum absolute atomic E-state index is 0.0479. The van der Waals surface area contributed by atoms with E-state index in [0.717, 1.165) is 25.7 Å². The summed E-state index contributed by atoms with van der Waals surface area (Å²) in [6.07, 6.45) is 4.20. The van der Waals surface area contributed by atoms with Gasteiger partial charge in [0, 0.05) is 10.2 Å². The fourth-order valence-electron chi connectivity index (χ4n) is 3.57. The molecule has 0 spiro atoms. The molecule has 1 fully saturated rings. The van der Waals surface area contributed by atoms with Crippen LogP contribution >= 0.6 is 15.9 Å². The van der Waals surface area contributed by atoms with E-state index in [4.69, 9.17) is 0 Å². The number of hydrogen-bond donors (Lipinski definition) is 0. The number of ketones is 1. The molecule has 2 bridgehead atoms. The Kier molecular flexibility index (Phi) is 4.11. The molecule has 0 aromatic rings. The van der Waals surface area contributed by atoms with E-state index in [9.17, 15) is 4.79 Å². The van der Waals surface area contributed by atoms with Crippen LogP contribution in [0, 0.1) is 11.8 Å². The summed E-state index contributed by atoms with van der Waals surface area (Å²) in [5, 5.41) is 0. The number of allylic oxidation sites excluding steroid dienone is 4. The van der Waals surface area contributed by atoms with E-state index in [1.54, 1.807) is 0 Å². The molecular weight excluding hydrogens is 300 g/mol. The zero-order valence-electron chi connectivity index (χ0n) is 12.8. The zero-order valence-corrected chi connectivity index (χ0v) is 14.4. The minimum Gasteiger partial charge on any atom is -0.298 e. The van der Waals surface area contributed by atoms with Crippen molar-refractivity contribution in [3.8, 4) is 0 Å². The highest BCUT2D eigenvalue weighted by Crippen LogP contribution is 2.51. The van der Waals surface area contributed by atoms with Gasteiger partial charge < -0.3 is 0 Å². The van der Waals surface area contributed by atoms with Crippen LogP contribution in [-0.4, -0.2) is 10.1 Å². The third kappa shape index (κ3) is 2.89. The summed E-state index contributed by atoms with van der Waals surface area (Å²) >= 11 is 3.66. The predicted octanol–water partition coefficient (Wildman–Crippen LogP) is 5.20. The van der Waals surface area contributed by atoms with Crippen LogP contribution in [0.4, 0.5) is 0 Å². The lowest BCUT2D eigenvalue weighted by Gasteiger charge is -2.42. The van der Waals surface area contributed by atoms with Crippen LogP contribution in [0.15, 0.2) is 22.3 Å². The zero-order chi connectivity index (χ0) is 14.4. The first-order chi connectivity index (χ1) is 8.74. The maximum atomic E-state index is 12.7. The van der Waals surface area contributed by atoms with Crippen LogP contribution in [0.1, 0.15) is 60.3 Å². The molecule has 0 aromatic heterocycles. The van der Waals surface area contributed by atoms with E-state index in [1.807, 2.05) is 0 Å². The Balaban J connectivity index is 2.17. The first-order valence-electron chi connectivity index (χ1n) is 7.36. The number of hydrogen-bond acceptors (Lipinski definition) is 1. The Morgan fingerprint density at radius 1 is 1.37 bits per heavy atom. The Morgan fingerprint density at radius 2 is 2.00 bits per heavy atom. The van der Waals surface area contributed by atoms with Gasteiger partial charge in [-0.3, -0.25) is 4.79 Å². The van der Waals surface area contributed by atoms with Crippen LogP contribution in [0.25, 0.3) is 0 Å². The molecule has 0 saturated heterocycles. The van der Waals surface area contributed by atoms with Gasteiger partial charge in [-0.2, -0.15) is 0 Å². The Hall–Kier alpha value is -0.370. The molecule has 3 aliphatic carbocycles. The number of carbonyl (C=O) groups excluding carboxylic acids is 1. The van der Waals surface area contributed by atoms with E-state index >= 15 is 0 Å². The lowest BCUT2D eigenvalue weighted by atomic mass is 9.61. The second kappa shape index (κ2) is 5.20. The van der Waals surface area contributed by atoms with Crippen molar-refractivity contribution in [1.82, 2.24) is 0 Å². The van der Waals surface area contributed by atoms with Crippen molar-refractivity contribution >= 4 is 21.7 Å². The van der Waals surface area contributed by atoms with Crippen molar-refractivity contribution < 1.29 is 4.79 Å². The van der Waals surface area contributed by atoms with Crippen LogP contribution in [0.3, 0.4) is 0 Å². The lowest BCUT2D eigenvalue weighted by molar-refractivity contribution is -0.125. The van der Waals surface area contributed by atoms with E-state index in [1.165, 1.54) is 22.3 Å². The van der Waals surface area contributed by atoms with Gasteiger partial charge in [0.15, 0.2) is 0 Å². The van der Waals surface area contributed by atoms with E-state index in [2.05, 4.69) is 50.5 Å². The molecule has 0 radical (unpaired) electrons. The van der Waals surface area contributed by atoms with Crippen molar-refractivity contribution in [3.05, 3.63) is 22.3 Å². The summed E-state index contributed by atoms with van der Waals surface area (Å²) in [7, 11) is 0. The smallest absolute Gasteiger partial charge is 0.146 e. The molecule has 0 heterocycles. The minimum atomic E-state index is 0.0479. The van der Waals surface area contributed by atoms with E-state index in [-0.39, 0.29) is 16.2 Å². The number of alkyl halides is 1. The van der Waals surface area contributed by atoms with Gasteiger partial charge in [-0.15, -0.1) is 0 Å². The fourth-order valence-corrected chi connectivity index (χ4v) is 4.06. The van der Waals surface area contributed by atoms with Crippen molar-refractivity contribution in [1.29, 1.82) is 0 Å². The Morgan fingerprint density at radius 3 is 2.47 bits per heavy atom. The summed E-state index contributed by atoms with van der Waals surface area (Å²) < 4.78 is 0.0479. The van der Waals surface area contributed by atoms with E-state index < -0.39 is 0 Å². The molecule has 3 aliphatic rings. The predicted molar refractivity (Wildman–Crippen MR) is 84.5 cm³/mol. The van der Waals surface area contributed by atoms with Crippen LogP contribution in [-0.2, 0) is 4.79 Å². The molecule has 1 nitrogen and oxygen atoms in total. The van der Waals surface area contributed by atoms with Crippen LogP contribution < -0.4 is 0 Å². The number of Topliss-reactive ketones (excluding diaryl/α,β-unsaturated/α-hetero) is 1. The van der Waals surface area contributed by atoms with Gasteiger partial charge >= 0.3 is 0 Å². The number of halogens is 1. The van der Waals surface area contributed by atoms with Crippen molar-refractivity contribution in [2.45, 2.75) is 64.6 Å². The second-order valence-corrected chi connectivity index (χ2v) is 8.95. The van der Waals surface area contributed by atoms with Crippen LogP contribution in [0.5, 0.6) is 0 Å². The maximum absolute atomic E-state index is 12.7. The molecule has 0 aliphatic heterocycles. The average Bonchev–Trinajstić information content (AvgIpc) is 2.24. The highest BCUT2D eigenvalue weighted by Gasteiger charge is 2.43. The van der Waals surface area contributed by atoms with Gasteiger partial charge in [-0.25, -0.2) is 0 Å². The number of fused-ring (bicyclic) bond motifs is 2. The summed E-state index contributed by atoms with van der Waals surface area (Å²) in [4.78, 5) is 12.7. The largest absolute Gasteiger partial charge is 0.298 e. The molecule has 2 heteroatoms. The molecular formula is C17H25BrO. The number of carbonyl (C=O) groups is 1. The summed E-state index contributed by atoms with van der Waals surface area (Å²) in [5.74, 6) is 0.719. The monoisotopic (exact) mass is 324 g/mol. The Bertz CT molecular complexity index is 462. The van der Waals surface area contributed by atoms with Crippen molar-refractivity contribution in [3.63, 3.8) is 0 Å². The van der Waals surface area contributed by atoms with Gasteiger partial charge in [0.2, 0.25) is 0 Å².